The summed E-state index contributed by atoms with van der Waals surface area (Å²) < 4.78 is 0. The highest BCUT2D eigenvalue weighted by molar-refractivity contribution is 6.00. The predicted molar refractivity (Wildman–Crippen MR) is 78.3 cm³/mol. The summed E-state index contributed by atoms with van der Waals surface area (Å²) in [4.78, 5) is 23.0. The number of carbonyl (C=O) groups excluding carboxylic acids is 2. The molecular formula is C16H22N2O2. The molecule has 1 fully saturated rings. The number of rotatable bonds is 5. The minimum absolute atomic E-state index is 0.170. The summed E-state index contributed by atoms with van der Waals surface area (Å²) in [7, 11) is 0. The first kappa shape index (κ1) is 14.7. The van der Waals surface area contributed by atoms with E-state index in [1.54, 1.807) is 0 Å². The van der Waals surface area contributed by atoms with E-state index in [0.29, 0.717) is 25.3 Å². The second kappa shape index (κ2) is 6.66. The highest BCUT2D eigenvalue weighted by Crippen LogP contribution is 2.28. The molecule has 0 spiro atoms. The van der Waals surface area contributed by atoms with Crippen molar-refractivity contribution in [1.82, 2.24) is 5.32 Å². The van der Waals surface area contributed by atoms with Gasteiger partial charge in [0.1, 0.15) is 0 Å². The minimum Gasteiger partial charge on any atom is -0.330 e. The molecule has 1 aliphatic heterocycles. The molecule has 0 saturated carbocycles. The van der Waals surface area contributed by atoms with Crippen molar-refractivity contribution in [2.45, 2.75) is 44.4 Å². The van der Waals surface area contributed by atoms with Crippen molar-refractivity contribution in [3.05, 3.63) is 35.4 Å². The maximum atomic E-state index is 11.8. The van der Waals surface area contributed by atoms with Crippen molar-refractivity contribution in [2.75, 3.05) is 6.54 Å². The Morgan fingerprint density at radius 1 is 1.30 bits per heavy atom. The molecule has 0 aliphatic carbocycles. The molecule has 0 radical (unpaired) electrons. The van der Waals surface area contributed by atoms with Crippen LogP contribution in [0.15, 0.2) is 24.3 Å². The van der Waals surface area contributed by atoms with E-state index in [9.17, 15) is 9.59 Å². The monoisotopic (exact) mass is 274 g/mol. The zero-order chi connectivity index (χ0) is 14.5. The Labute approximate surface area is 119 Å². The molecule has 2 unspecified atom stereocenters. The smallest absolute Gasteiger partial charge is 0.234 e. The van der Waals surface area contributed by atoms with Gasteiger partial charge in [-0.2, -0.15) is 0 Å². The summed E-state index contributed by atoms with van der Waals surface area (Å²) >= 11 is 0. The van der Waals surface area contributed by atoms with Gasteiger partial charge in [-0.1, -0.05) is 31.2 Å². The first-order valence-electron chi connectivity index (χ1n) is 7.29. The quantitative estimate of drug-likeness (QED) is 0.807. The molecule has 20 heavy (non-hydrogen) atoms. The third kappa shape index (κ3) is 3.25. The van der Waals surface area contributed by atoms with Gasteiger partial charge in [-0.15, -0.1) is 0 Å². The molecule has 1 aromatic carbocycles. The van der Waals surface area contributed by atoms with E-state index in [1.165, 1.54) is 5.56 Å². The van der Waals surface area contributed by atoms with Gasteiger partial charge in [0.15, 0.2) is 0 Å². The van der Waals surface area contributed by atoms with Crippen molar-refractivity contribution in [3.8, 4) is 0 Å². The van der Waals surface area contributed by atoms with Crippen LogP contribution in [0.25, 0.3) is 0 Å². The lowest BCUT2D eigenvalue weighted by atomic mass is 9.87. The third-order valence-electron chi connectivity index (χ3n) is 4.06. The SMILES string of the molecule is CCC(CCN)c1ccc(C2CCC(=O)NC2=O)cc1. The lowest BCUT2D eigenvalue weighted by Crippen LogP contribution is -2.39. The molecule has 1 aliphatic rings. The summed E-state index contributed by atoms with van der Waals surface area (Å²) in [5.41, 5.74) is 7.90. The number of amides is 2. The maximum Gasteiger partial charge on any atom is 0.234 e. The van der Waals surface area contributed by atoms with Crippen LogP contribution in [0.4, 0.5) is 0 Å². The molecule has 0 aromatic heterocycles. The molecule has 2 rings (SSSR count). The van der Waals surface area contributed by atoms with E-state index in [2.05, 4.69) is 24.4 Å². The highest BCUT2D eigenvalue weighted by Gasteiger charge is 2.27. The van der Waals surface area contributed by atoms with Gasteiger partial charge < -0.3 is 5.73 Å². The van der Waals surface area contributed by atoms with Crippen molar-refractivity contribution >= 4 is 11.8 Å². The Balaban J connectivity index is 2.11. The topological polar surface area (TPSA) is 72.2 Å². The molecule has 1 saturated heterocycles. The van der Waals surface area contributed by atoms with Gasteiger partial charge in [0.2, 0.25) is 11.8 Å². The van der Waals surface area contributed by atoms with Crippen molar-refractivity contribution in [1.29, 1.82) is 0 Å². The second-order valence-corrected chi connectivity index (χ2v) is 5.35. The second-order valence-electron chi connectivity index (χ2n) is 5.35. The largest absolute Gasteiger partial charge is 0.330 e. The summed E-state index contributed by atoms with van der Waals surface area (Å²) in [5.74, 6) is -0.0630. The lowest BCUT2D eigenvalue weighted by molar-refractivity contribution is -0.134. The van der Waals surface area contributed by atoms with Crippen LogP contribution in [-0.2, 0) is 9.59 Å². The Bertz CT molecular complexity index is 482. The Hall–Kier alpha value is -1.68. The van der Waals surface area contributed by atoms with Crippen molar-refractivity contribution in [2.24, 2.45) is 5.73 Å². The number of nitrogens with two attached hydrogens (primary N) is 1. The molecule has 108 valence electrons. The van der Waals surface area contributed by atoms with Crippen LogP contribution in [0.2, 0.25) is 0 Å². The minimum atomic E-state index is -0.198. The molecule has 4 nitrogen and oxygen atoms in total. The number of imide groups is 1. The molecule has 1 aromatic rings. The summed E-state index contributed by atoms with van der Waals surface area (Å²) in [6, 6.07) is 8.19. The molecule has 3 N–H and O–H groups in total. The van der Waals surface area contributed by atoms with E-state index in [1.807, 2.05) is 12.1 Å². The zero-order valence-corrected chi connectivity index (χ0v) is 11.9. The van der Waals surface area contributed by atoms with Gasteiger partial charge in [0.05, 0.1) is 5.92 Å². The van der Waals surface area contributed by atoms with E-state index < -0.39 is 0 Å². The van der Waals surface area contributed by atoms with E-state index in [-0.39, 0.29) is 17.7 Å². The van der Waals surface area contributed by atoms with Crippen molar-refractivity contribution in [3.63, 3.8) is 0 Å². The van der Waals surface area contributed by atoms with E-state index in [0.717, 1.165) is 18.4 Å². The van der Waals surface area contributed by atoms with E-state index >= 15 is 0 Å². The van der Waals surface area contributed by atoms with Gasteiger partial charge in [-0.05, 0) is 42.9 Å². The normalized spacial score (nSPS) is 20.6. The number of hydrogen-bond acceptors (Lipinski definition) is 3. The number of nitrogens with one attached hydrogen (secondary N) is 1. The molecule has 2 atom stereocenters. The van der Waals surface area contributed by atoms with Crippen molar-refractivity contribution < 1.29 is 9.59 Å². The van der Waals surface area contributed by atoms with Crippen LogP contribution in [0.1, 0.15) is 55.6 Å². The zero-order valence-electron chi connectivity index (χ0n) is 11.9. The van der Waals surface area contributed by atoms with Crippen LogP contribution in [0.3, 0.4) is 0 Å². The lowest BCUT2D eigenvalue weighted by Gasteiger charge is -2.22. The number of hydrogen-bond donors (Lipinski definition) is 2. The van der Waals surface area contributed by atoms with Gasteiger partial charge in [0.25, 0.3) is 0 Å². The van der Waals surface area contributed by atoms with E-state index in [4.69, 9.17) is 5.73 Å². The van der Waals surface area contributed by atoms with Crippen LogP contribution in [-0.4, -0.2) is 18.4 Å². The van der Waals surface area contributed by atoms with Crippen LogP contribution >= 0.6 is 0 Å². The molecular weight excluding hydrogens is 252 g/mol. The average Bonchev–Trinajstić information content (AvgIpc) is 2.45. The number of piperidine rings is 1. The van der Waals surface area contributed by atoms with Gasteiger partial charge in [-0.25, -0.2) is 0 Å². The standard InChI is InChI=1S/C16H22N2O2/c1-2-11(9-10-17)12-3-5-13(6-4-12)14-7-8-15(19)18-16(14)20/h3-6,11,14H,2,7-10,17H2,1H3,(H,18,19,20). The number of benzene rings is 1. The molecule has 1 heterocycles. The Morgan fingerprint density at radius 3 is 2.55 bits per heavy atom. The summed E-state index contributed by atoms with van der Waals surface area (Å²) in [6.45, 7) is 2.85. The molecule has 4 heteroatoms. The molecule has 0 bridgehead atoms. The average molecular weight is 274 g/mol. The fourth-order valence-electron chi connectivity index (χ4n) is 2.82. The Morgan fingerprint density at radius 2 is 2.00 bits per heavy atom. The summed E-state index contributed by atoms with van der Waals surface area (Å²) in [5, 5.41) is 2.40. The van der Waals surface area contributed by atoms with Crippen LogP contribution in [0, 0.1) is 0 Å². The van der Waals surface area contributed by atoms with Crippen LogP contribution in [0.5, 0.6) is 0 Å². The highest BCUT2D eigenvalue weighted by atomic mass is 16.2. The van der Waals surface area contributed by atoms with Gasteiger partial charge in [0, 0.05) is 6.42 Å². The van der Waals surface area contributed by atoms with Crippen LogP contribution < -0.4 is 11.1 Å². The fourth-order valence-corrected chi connectivity index (χ4v) is 2.82. The third-order valence-corrected chi connectivity index (χ3v) is 4.06. The number of carbonyl (C=O) groups is 2. The Kier molecular flexibility index (Phi) is 4.90. The maximum absolute atomic E-state index is 11.8. The van der Waals surface area contributed by atoms with Gasteiger partial charge in [-0.3, -0.25) is 14.9 Å². The first-order valence-corrected chi connectivity index (χ1v) is 7.29. The van der Waals surface area contributed by atoms with Gasteiger partial charge >= 0.3 is 0 Å². The molecule has 2 amide bonds. The fraction of sp³-hybridized carbons (Fsp3) is 0.500. The summed E-state index contributed by atoms with van der Waals surface area (Å²) in [6.07, 6.45) is 3.07. The first-order chi connectivity index (χ1) is 9.65. The predicted octanol–water partition coefficient (Wildman–Crippen LogP) is 2.05.